The normalized spacial score (nSPS) is 18.7. The highest BCUT2D eigenvalue weighted by Crippen LogP contribution is 2.30. The first-order valence-electron chi connectivity index (χ1n) is 5.34. The van der Waals surface area contributed by atoms with Gasteiger partial charge in [-0.15, -0.1) is 0 Å². The van der Waals surface area contributed by atoms with Crippen LogP contribution in [0.4, 0.5) is 0 Å². The zero-order chi connectivity index (χ0) is 10.9. The van der Waals surface area contributed by atoms with Crippen molar-refractivity contribution in [2.24, 2.45) is 4.99 Å². The van der Waals surface area contributed by atoms with E-state index >= 15 is 0 Å². The van der Waals surface area contributed by atoms with E-state index in [1.807, 2.05) is 18.2 Å². The Labute approximate surface area is 91.0 Å². The van der Waals surface area contributed by atoms with Gasteiger partial charge in [-0.1, -0.05) is 12.1 Å². The van der Waals surface area contributed by atoms with E-state index in [2.05, 4.69) is 19.9 Å². The van der Waals surface area contributed by atoms with Gasteiger partial charge in [-0.25, -0.2) is 0 Å². The van der Waals surface area contributed by atoms with E-state index in [1.165, 1.54) is 5.71 Å². The van der Waals surface area contributed by atoms with Gasteiger partial charge in [-0.2, -0.15) is 0 Å². The molecule has 1 aromatic carbocycles. The van der Waals surface area contributed by atoms with Gasteiger partial charge in [-0.3, -0.25) is 4.99 Å². The van der Waals surface area contributed by atoms with Crippen molar-refractivity contribution in [1.82, 2.24) is 0 Å². The summed E-state index contributed by atoms with van der Waals surface area (Å²) >= 11 is 0. The van der Waals surface area contributed by atoms with Crippen LogP contribution in [-0.2, 0) is 0 Å². The van der Waals surface area contributed by atoms with Gasteiger partial charge in [0.2, 0.25) is 0 Å². The van der Waals surface area contributed by atoms with Crippen LogP contribution in [0.25, 0.3) is 0 Å². The average molecular weight is 203 g/mol. The lowest BCUT2D eigenvalue weighted by Gasteiger charge is -2.11. The molecule has 80 valence electrons. The smallest absolute Gasteiger partial charge is 0.127 e. The van der Waals surface area contributed by atoms with Crippen LogP contribution in [-0.4, -0.2) is 18.4 Å². The van der Waals surface area contributed by atoms with E-state index in [0.717, 1.165) is 24.2 Å². The molecule has 0 fully saturated rings. The van der Waals surface area contributed by atoms with Crippen molar-refractivity contribution in [2.75, 3.05) is 7.11 Å². The largest absolute Gasteiger partial charge is 0.496 e. The molecule has 0 amide bonds. The van der Waals surface area contributed by atoms with Crippen molar-refractivity contribution in [3.05, 3.63) is 29.8 Å². The van der Waals surface area contributed by atoms with Crippen molar-refractivity contribution in [1.29, 1.82) is 0 Å². The molecular formula is C13H17NO. The Morgan fingerprint density at radius 3 is 2.60 bits per heavy atom. The number of nitrogens with zero attached hydrogens (tertiary/aromatic N) is 1. The van der Waals surface area contributed by atoms with Gasteiger partial charge in [0.05, 0.1) is 12.6 Å². The van der Waals surface area contributed by atoms with E-state index < -0.39 is 0 Å². The molecule has 2 rings (SSSR count). The summed E-state index contributed by atoms with van der Waals surface area (Å²) in [6.07, 6.45) is 2.17. The molecule has 2 heteroatoms. The highest BCUT2D eigenvalue weighted by Gasteiger charge is 2.26. The van der Waals surface area contributed by atoms with Gasteiger partial charge < -0.3 is 4.74 Å². The summed E-state index contributed by atoms with van der Waals surface area (Å²) < 4.78 is 5.35. The number of rotatable bonds is 2. The fourth-order valence-electron chi connectivity index (χ4n) is 1.98. The number of ether oxygens (including phenoxy) is 1. The molecule has 1 aliphatic rings. The molecular weight excluding hydrogens is 186 g/mol. The minimum atomic E-state index is 0.0934. The number of hydrogen-bond acceptors (Lipinski definition) is 2. The molecule has 1 aliphatic heterocycles. The maximum Gasteiger partial charge on any atom is 0.127 e. The fourth-order valence-corrected chi connectivity index (χ4v) is 1.98. The molecule has 0 spiro atoms. The average Bonchev–Trinajstić information content (AvgIpc) is 2.59. The lowest BCUT2D eigenvalue weighted by atomic mass is 10.0. The zero-order valence-corrected chi connectivity index (χ0v) is 9.58. The second-order valence-corrected chi connectivity index (χ2v) is 4.57. The molecule has 0 atom stereocenters. The van der Waals surface area contributed by atoms with Gasteiger partial charge in [0.1, 0.15) is 5.75 Å². The predicted octanol–water partition coefficient (Wildman–Crippen LogP) is 3.06. The van der Waals surface area contributed by atoms with E-state index in [0.29, 0.717) is 0 Å². The summed E-state index contributed by atoms with van der Waals surface area (Å²) in [6.45, 7) is 4.35. The Morgan fingerprint density at radius 1 is 1.27 bits per heavy atom. The molecule has 2 nitrogen and oxygen atoms in total. The minimum absolute atomic E-state index is 0.0934. The summed E-state index contributed by atoms with van der Waals surface area (Å²) in [5.41, 5.74) is 2.42. The third-order valence-electron chi connectivity index (χ3n) is 2.83. The van der Waals surface area contributed by atoms with Crippen LogP contribution < -0.4 is 4.74 Å². The Kier molecular flexibility index (Phi) is 2.51. The Morgan fingerprint density at radius 2 is 2.00 bits per heavy atom. The second-order valence-electron chi connectivity index (χ2n) is 4.57. The Bertz CT molecular complexity index is 393. The van der Waals surface area contributed by atoms with Crippen molar-refractivity contribution in [2.45, 2.75) is 32.2 Å². The third-order valence-corrected chi connectivity index (χ3v) is 2.83. The first-order valence-corrected chi connectivity index (χ1v) is 5.34. The van der Waals surface area contributed by atoms with Gasteiger partial charge in [-0.05, 0) is 38.8 Å². The lowest BCUT2D eigenvalue weighted by molar-refractivity contribution is 0.414. The number of benzene rings is 1. The molecule has 0 bridgehead atoms. The van der Waals surface area contributed by atoms with Crippen LogP contribution in [0.15, 0.2) is 29.3 Å². The third kappa shape index (κ3) is 2.04. The van der Waals surface area contributed by atoms with Crippen LogP contribution >= 0.6 is 0 Å². The van der Waals surface area contributed by atoms with Gasteiger partial charge >= 0.3 is 0 Å². The van der Waals surface area contributed by atoms with Crippen LogP contribution in [0.1, 0.15) is 32.3 Å². The molecule has 0 saturated heterocycles. The fraction of sp³-hybridized carbons (Fsp3) is 0.462. The minimum Gasteiger partial charge on any atom is -0.496 e. The van der Waals surface area contributed by atoms with Gasteiger partial charge in [0, 0.05) is 11.3 Å². The number of methoxy groups -OCH3 is 1. The molecule has 0 radical (unpaired) electrons. The number of para-hydroxylation sites is 1. The van der Waals surface area contributed by atoms with Crippen molar-refractivity contribution < 1.29 is 4.74 Å². The molecule has 1 aromatic rings. The van der Waals surface area contributed by atoms with Crippen LogP contribution in [0.2, 0.25) is 0 Å². The molecule has 15 heavy (non-hydrogen) atoms. The Balaban J connectivity index is 2.39. The standard InChI is InChI=1S/C13H17NO/c1-13(2)9-8-11(14-13)10-6-4-5-7-12(10)15-3/h4-7H,8-9H2,1-3H3. The van der Waals surface area contributed by atoms with Crippen LogP contribution in [0.3, 0.4) is 0 Å². The SMILES string of the molecule is COc1ccccc1C1=NC(C)(C)CC1. The van der Waals surface area contributed by atoms with Gasteiger partial charge in [0.25, 0.3) is 0 Å². The zero-order valence-electron chi connectivity index (χ0n) is 9.58. The molecule has 0 N–H and O–H groups in total. The topological polar surface area (TPSA) is 21.6 Å². The van der Waals surface area contributed by atoms with Crippen molar-refractivity contribution in [3.63, 3.8) is 0 Å². The predicted molar refractivity (Wildman–Crippen MR) is 62.8 cm³/mol. The van der Waals surface area contributed by atoms with Crippen LogP contribution in [0, 0.1) is 0 Å². The second kappa shape index (κ2) is 3.69. The molecule has 0 aliphatic carbocycles. The monoisotopic (exact) mass is 203 g/mol. The van der Waals surface area contributed by atoms with E-state index in [4.69, 9.17) is 9.73 Å². The maximum atomic E-state index is 5.35. The highest BCUT2D eigenvalue weighted by atomic mass is 16.5. The van der Waals surface area contributed by atoms with Gasteiger partial charge in [0.15, 0.2) is 0 Å². The molecule has 0 saturated carbocycles. The summed E-state index contributed by atoms with van der Waals surface area (Å²) in [6, 6.07) is 8.09. The first-order chi connectivity index (χ1) is 7.12. The quantitative estimate of drug-likeness (QED) is 0.724. The molecule has 0 unspecified atom stereocenters. The Hall–Kier alpha value is -1.31. The molecule has 0 aromatic heterocycles. The van der Waals surface area contributed by atoms with E-state index in [-0.39, 0.29) is 5.54 Å². The van der Waals surface area contributed by atoms with Crippen molar-refractivity contribution >= 4 is 5.71 Å². The summed E-state index contributed by atoms with van der Waals surface area (Å²) in [7, 11) is 1.71. The lowest BCUT2D eigenvalue weighted by Crippen LogP contribution is -2.10. The van der Waals surface area contributed by atoms with Crippen molar-refractivity contribution in [3.8, 4) is 5.75 Å². The maximum absolute atomic E-state index is 5.35. The number of aliphatic imine (C=N–C) groups is 1. The summed E-state index contributed by atoms with van der Waals surface area (Å²) in [5.74, 6) is 0.925. The number of hydrogen-bond donors (Lipinski definition) is 0. The summed E-state index contributed by atoms with van der Waals surface area (Å²) in [5, 5.41) is 0. The summed E-state index contributed by atoms with van der Waals surface area (Å²) in [4.78, 5) is 4.74. The molecule has 1 heterocycles. The van der Waals surface area contributed by atoms with E-state index in [9.17, 15) is 0 Å². The van der Waals surface area contributed by atoms with Crippen LogP contribution in [0.5, 0.6) is 5.75 Å². The van der Waals surface area contributed by atoms with E-state index in [1.54, 1.807) is 7.11 Å². The highest BCUT2D eigenvalue weighted by molar-refractivity contribution is 6.04. The first kappa shape index (κ1) is 10.2.